The van der Waals surface area contributed by atoms with Gasteiger partial charge in [0.15, 0.2) is 0 Å². The van der Waals surface area contributed by atoms with Crippen molar-refractivity contribution in [2.24, 2.45) is 5.10 Å². The summed E-state index contributed by atoms with van der Waals surface area (Å²) in [5, 5.41) is 13.9. The summed E-state index contributed by atoms with van der Waals surface area (Å²) in [6.07, 6.45) is 2.29. The minimum absolute atomic E-state index is 0.0308. The molecule has 1 fully saturated rings. The van der Waals surface area contributed by atoms with E-state index < -0.39 is 22.0 Å². The monoisotopic (exact) mass is 407 g/mol. The number of hydrogen-bond acceptors (Lipinski definition) is 5. The molecule has 1 aliphatic rings. The molecule has 1 unspecified atom stereocenters. The van der Waals surface area contributed by atoms with E-state index in [1.807, 2.05) is 0 Å². The molecule has 1 heterocycles. The van der Waals surface area contributed by atoms with Crippen LogP contribution in [0.3, 0.4) is 0 Å². The normalized spacial score (nSPS) is 18.0. The van der Waals surface area contributed by atoms with Crippen molar-refractivity contribution < 1.29 is 18.3 Å². The third-order valence-corrected chi connectivity index (χ3v) is 6.42. The van der Waals surface area contributed by atoms with Gasteiger partial charge < -0.3 is 5.11 Å². The van der Waals surface area contributed by atoms with Crippen molar-refractivity contribution in [2.75, 3.05) is 6.54 Å². The molecule has 9 heteroatoms. The van der Waals surface area contributed by atoms with Crippen molar-refractivity contribution in [2.45, 2.75) is 23.8 Å². The topological polar surface area (TPSA) is 99.1 Å². The summed E-state index contributed by atoms with van der Waals surface area (Å²) in [5.41, 5.74) is 2.79. The summed E-state index contributed by atoms with van der Waals surface area (Å²) in [7, 11) is -3.81. The number of amides is 1. The van der Waals surface area contributed by atoms with E-state index in [-0.39, 0.29) is 17.2 Å². The van der Waals surface area contributed by atoms with Crippen LogP contribution in [0.15, 0.2) is 58.5 Å². The summed E-state index contributed by atoms with van der Waals surface area (Å²) in [4.78, 5) is 12.5. The van der Waals surface area contributed by atoms with Crippen molar-refractivity contribution in [1.29, 1.82) is 0 Å². The Labute approximate surface area is 162 Å². The maximum absolute atomic E-state index is 12.8. The first-order valence-corrected chi connectivity index (χ1v) is 10.1. The van der Waals surface area contributed by atoms with E-state index in [9.17, 15) is 18.3 Å². The first-order chi connectivity index (χ1) is 12.9. The SMILES string of the molecule is O=C(N/N=C/c1ccccc1O)C1CCCN1S(=O)(=O)c1ccc(Cl)cc1. The van der Waals surface area contributed by atoms with Gasteiger partial charge in [0.05, 0.1) is 11.1 Å². The number of phenols is 1. The van der Waals surface area contributed by atoms with Gasteiger partial charge in [0, 0.05) is 17.1 Å². The predicted molar refractivity (Wildman–Crippen MR) is 102 cm³/mol. The van der Waals surface area contributed by atoms with Crippen LogP contribution in [-0.2, 0) is 14.8 Å². The van der Waals surface area contributed by atoms with Crippen LogP contribution < -0.4 is 5.43 Å². The van der Waals surface area contributed by atoms with Crippen LogP contribution in [0.4, 0.5) is 0 Å². The number of hydrazone groups is 1. The molecule has 0 saturated carbocycles. The van der Waals surface area contributed by atoms with Crippen LogP contribution in [0.2, 0.25) is 5.02 Å². The van der Waals surface area contributed by atoms with Crippen molar-refractivity contribution >= 4 is 33.7 Å². The molecule has 0 radical (unpaired) electrons. The van der Waals surface area contributed by atoms with E-state index in [1.165, 1.54) is 40.9 Å². The molecule has 0 bridgehead atoms. The molecule has 7 nitrogen and oxygen atoms in total. The number of carbonyl (C=O) groups is 1. The number of carbonyl (C=O) groups excluding carboxylic acids is 1. The van der Waals surface area contributed by atoms with Crippen molar-refractivity contribution in [1.82, 2.24) is 9.73 Å². The van der Waals surface area contributed by atoms with Gasteiger partial charge in [-0.15, -0.1) is 0 Å². The summed E-state index contributed by atoms with van der Waals surface area (Å²) in [5.74, 6) is -0.486. The Morgan fingerprint density at radius 1 is 1.22 bits per heavy atom. The summed E-state index contributed by atoms with van der Waals surface area (Å²) in [6.45, 7) is 0.256. The van der Waals surface area contributed by atoms with Crippen molar-refractivity contribution in [3.63, 3.8) is 0 Å². The van der Waals surface area contributed by atoms with Gasteiger partial charge in [0.25, 0.3) is 5.91 Å². The number of hydrogen-bond donors (Lipinski definition) is 2. The first kappa shape index (κ1) is 19.3. The molecule has 2 N–H and O–H groups in total. The Kier molecular flexibility index (Phi) is 5.79. The minimum Gasteiger partial charge on any atom is -0.507 e. The molecule has 1 saturated heterocycles. The Hall–Kier alpha value is -2.42. The van der Waals surface area contributed by atoms with Crippen molar-refractivity contribution in [3.8, 4) is 5.75 Å². The smallest absolute Gasteiger partial charge is 0.258 e. The highest BCUT2D eigenvalue weighted by atomic mass is 35.5. The molecule has 2 aromatic rings. The third kappa shape index (κ3) is 4.29. The molecule has 27 heavy (non-hydrogen) atoms. The second-order valence-electron chi connectivity index (χ2n) is 6.02. The lowest BCUT2D eigenvalue weighted by Gasteiger charge is -2.22. The Balaban J connectivity index is 1.73. The molecule has 142 valence electrons. The third-order valence-electron chi connectivity index (χ3n) is 4.24. The minimum atomic E-state index is -3.81. The summed E-state index contributed by atoms with van der Waals surface area (Å²) in [6, 6.07) is 11.5. The Bertz CT molecular complexity index is 961. The fourth-order valence-corrected chi connectivity index (χ4v) is 4.65. The first-order valence-electron chi connectivity index (χ1n) is 8.28. The van der Waals surface area contributed by atoms with Crippen LogP contribution in [0.1, 0.15) is 18.4 Å². The van der Waals surface area contributed by atoms with E-state index in [4.69, 9.17) is 11.6 Å². The van der Waals surface area contributed by atoms with E-state index in [0.29, 0.717) is 23.4 Å². The molecule has 1 atom stereocenters. The van der Waals surface area contributed by atoms with Gasteiger partial charge in [0.1, 0.15) is 11.8 Å². The Morgan fingerprint density at radius 2 is 1.93 bits per heavy atom. The molecule has 3 rings (SSSR count). The summed E-state index contributed by atoms with van der Waals surface area (Å²) >= 11 is 5.81. The van der Waals surface area contributed by atoms with Gasteiger partial charge in [-0.2, -0.15) is 9.41 Å². The van der Waals surface area contributed by atoms with Gasteiger partial charge in [-0.25, -0.2) is 13.8 Å². The lowest BCUT2D eigenvalue weighted by molar-refractivity contribution is -0.124. The molecule has 0 aliphatic carbocycles. The van der Waals surface area contributed by atoms with Crippen LogP contribution in [0.5, 0.6) is 5.75 Å². The number of para-hydroxylation sites is 1. The standard InChI is InChI=1S/C18H18ClN3O4S/c19-14-7-9-15(10-8-14)27(25,26)22-11-3-5-16(22)18(24)21-20-12-13-4-1-2-6-17(13)23/h1-2,4,6-10,12,16,23H,3,5,11H2,(H,21,24)/b20-12+. The summed E-state index contributed by atoms with van der Waals surface area (Å²) < 4.78 is 26.8. The van der Waals surface area contributed by atoms with Crippen LogP contribution >= 0.6 is 11.6 Å². The highest BCUT2D eigenvalue weighted by molar-refractivity contribution is 7.89. The number of halogens is 1. The largest absolute Gasteiger partial charge is 0.507 e. The molecule has 1 amide bonds. The lowest BCUT2D eigenvalue weighted by atomic mass is 10.2. The number of nitrogens with zero attached hydrogens (tertiary/aromatic N) is 2. The van der Waals surface area contributed by atoms with Crippen LogP contribution in [0, 0.1) is 0 Å². The van der Waals surface area contributed by atoms with Crippen LogP contribution in [0.25, 0.3) is 0 Å². The molecular formula is C18H18ClN3O4S. The van der Waals surface area contributed by atoms with Crippen molar-refractivity contribution in [3.05, 3.63) is 59.1 Å². The van der Waals surface area contributed by atoms with E-state index >= 15 is 0 Å². The average molecular weight is 408 g/mol. The van der Waals surface area contributed by atoms with Gasteiger partial charge in [-0.1, -0.05) is 23.7 Å². The van der Waals surface area contributed by atoms with E-state index in [2.05, 4.69) is 10.5 Å². The highest BCUT2D eigenvalue weighted by Gasteiger charge is 2.39. The van der Waals surface area contributed by atoms with Crippen LogP contribution in [-0.4, -0.2) is 42.5 Å². The van der Waals surface area contributed by atoms with Gasteiger partial charge in [0.2, 0.25) is 10.0 Å². The van der Waals surface area contributed by atoms with Gasteiger partial charge in [-0.3, -0.25) is 4.79 Å². The van der Waals surface area contributed by atoms with Gasteiger partial charge in [-0.05, 0) is 49.2 Å². The molecule has 2 aromatic carbocycles. The van der Waals surface area contributed by atoms with E-state index in [0.717, 1.165) is 0 Å². The zero-order chi connectivity index (χ0) is 19.4. The zero-order valence-corrected chi connectivity index (χ0v) is 15.8. The second-order valence-corrected chi connectivity index (χ2v) is 8.35. The maximum Gasteiger partial charge on any atom is 0.258 e. The molecule has 0 aromatic heterocycles. The lowest BCUT2D eigenvalue weighted by Crippen LogP contribution is -2.44. The fraction of sp³-hybridized carbons (Fsp3) is 0.222. The fourth-order valence-electron chi connectivity index (χ4n) is 2.87. The molecular weight excluding hydrogens is 390 g/mol. The highest BCUT2D eigenvalue weighted by Crippen LogP contribution is 2.27. The maximum atomic E-state index is 12.8. The second kappa shape index (κ2) is 8.08. The predicted octanol–water partition coefficient (Wildman–Crippen LogP) is 2.35. The Morgan fingerprint density at radius 3 is 2.63 bits per heavy atom. The molecule has 0 spiro atoms. The number of aromatic hydroxyl groups is 1. The number of nitrogens with one attached hydrogen (secondary N) is 1. The number of sulfonamides is 1. The average Bonchev–Trinajstić information content (AvgIpc) is 3.14. The molecule has 1 aliphatic heterocycles. The van der Waals surface area contributed by atoms with E-state index in [1.54, 1.807) is 18.2 Å². The van der Waals surface area contributed by atoms with Gasteiger partial charge >= 0.3 is 0 Å². The number of benzene rings is 2. The number of rotatable bonds is 5. The quantitative estimate of drug-likeness (QED) is 0.587. The zero-order valence-electron chi connectivity index (χ0n) is 14.2. The number of phenolic OH excluding ortho intramolecular Hbond substituents is 1.